The van der Waals surface area contributed by atoms with Crippen LogP contribution in [0.5, 0.6) is 5.75 Å². The van der Waals surface area contributed by atoms with E-state index in [1.807, 2.05) is 0 Å². The van der Waals surface area contributed by atoms with E-state index >= 15 is 0 Å². The Morgan fingerprint density at radius 1 is 1.05 bits per heavy atom. The minimum absolute atomic E-state index is 0.192. The van der Waals surface area contributed by atoms with Gasteiger partial charge in [-0.2, -0.15) is 0 Å². The SMILES string of the molecule is CC(=O)Nc1cccc(NC(=O)COc2ccc(F)cc2)c1. The number of hydrogen-bond donors (Lipinski definition) is 2. The van der Waals surface area contributed by atoms with Crippen molar-refractivity contribution in [3.05, 3.63) is 54.3 Å². The summed E-state index contributed by atoms with van der Waals surface area (Å²) in [6, 6.07) is 12.2. The van der Waals surface area contributed by atoms with Gasteiger partial charge in [0.2, 0.25) is 5.91 Å². The number of amides is 2. The number of hydrogen-bond acceptors (Lipinski definition) is 3. The van der Waals surface area contributed by atoms with Crippen LogP contribution in [0.4, 0.5) is 15.8 Å². The molecule has 0 aliphatic rings. The van der Waals surface area contributed by atoms with Crippen molar-refractivity contribution in [1.82, 2.24) is 0 Å². The summed E-state index contributed by atoms with van der Waals surface area (Å²) < 4.78 is 18.0. The molecule has 2 aromatic carbocycles. The van der Waals surface area contributed by atoms with Crippen LogP contribution in [0, 0.1) is 5.82 Å². The fraction of sp³-hybridized carbons (Fsp3) is 0.125. The Kier molecular flexibility index (Phi) is 5.08. The molecule has 22 heavy (non-hydrogen) atoms. The molecule has 2 amide bonds. The Balaban J connectivity index is 1.89. The largest absolute Gasteiger partial charge is 0.484 e. The molecule has 0 saturated heterocycles. The number of halogens is 1. The minimum atomic E-state index is -0.369. The second-order valence-electron chi connectivity index (χ2n) is 4.55. The second-order valence-corrected chi connectivity index (χ2v) is 4.55. The average molecular weight is 302 g/mol. The van der Waals surface area contributed by atoms with Gasteiger partial charge in [0.25, 0.3) is 5.91 Å². The molecular formula is C16H15FN2O3. The second kappa shape index (κ2) is 7.21. The lowest BCUT2D eigenvalue weighted by Crippen LogP contribution is -2.20. The molecule has 2 aromatic rings. The molecule has 6 heteroatoms. The highest BCUT2D eigenvalue weighted by Gasteiger charge is 2.05. The van der Waals surface area contributed by atoms with Gasteiger partial charge in [-0.1, -0.05) is 6.07 Å². The first kappa shape index (κ1) is 15.5. The predicted octanol–water partition coefficient (Wildman–Crippen LogP) is 2.80. The predicted molar refractivity (Wildman–Crippen MR) is 81.3 cm³/mol. The molecular weight excluding hydrogens is 287 g/mol. The van der Waals surface area contributed by atoms with Crippen LogP contribution >= 0.6 is 0 Å². The quantitative estimate of drug-likeness (QED) is 0.892. The molecule has 0 bridgehead atoms. The third-order valence-electron chi connectivity index (χ3n) is 2.65. The first-order valence-electron chi connectivity index (χ1n) is 6.59. The standard InChI is InChI=1S/C16H15FN2O3/c1-11(20)18-13-3-2-4-14(9-13)19-16(21)10-22-15-7-5-12(17)6-8-15/h2-9H,10H2,1H3,(H,18,20)(H,19,21). The summed E-state index contributed by atoms with van der Waals surface area (Å²) in [7, 11) is 0. The maximum absolute atomic E-state index is 12.7. The number of rotatable bonds is 5. The van der Waals surface area contributed by atoms with Crippen molar-refractivity contribution < 1.29 is 18.7 Å². The highest BCUT2D eigenvalue weighted by atomic mass is 19.1. The van der Waals surface area contributed by atoms with Crippen molar-refractivity contribution in [2.24, 2.45) is 0 Å². The fourth-order valence-electron chi connectivity index (χ4n) is 1.75. The van der Waals surface area contributed by atoms with E-state index in [0.717, 1.165) is 0 Å². The van der Waals surface area contributed by atoms with E-state index in [1.54, 1.807) is 24.3 Å². The Hall–Kier alpha value is -2.89. The molecule has 0 radical (unpaired) electrons. The van der Waals surface area contributed by atoms with Gasteiger partial charge in [0.1, 0.15) is 11.6 Å². The highest BCUT2D eigenvalue weighted by Crippen LogP contribution is 2.15. The number of ether oxygens (including phenoxy) is 1. The molecule has 114 valence electrons. The maximum Gasteiger partial charge on any atom is 0.262 e. The van der Waals surface area contributed by atoms with Gasteiger partial charge in [0, 0.05) is 18.3 Å². The van der Waals surface area contributed by atoms with E-state index in [9.17, 15) is 14.0 Å². The van der Waals surface area contributed by atoms with E-state index in [-0.39, 0.29) is 24.2 Å². The van der Waals surface area contributed by atoms with Crippen LogP contribution in [0.25, 0.3) is 0 Å². The van der Waals surface area contributed by atoms with Gasteiger partial charge >= 0.3 is 0 Å². The summed E-state index contributed by atoms with van der Waals surface area (Å²) in [6.07, 6.45) is 0. The molecule has 0 heterocycles. The summed E-state index contributed by atoms with van der Waals surface area (Å²) in [4.78, 5) is 22.8. The van der Waals surface area contributed by atoms with Gasteiger partial charge in [0.05, 0.1) is 0 Å². The van der Waals surface area contributed by atoms with Crippen LogP contribution in [0.1, 0.15) is 6.92 Å². The lowest BCUT2D eigenvalue weighted by molar-refractivity contribution is -0.118. The maximum atomic E-state index is 12.7. The van der Waals surface area contributed by atoms with E-state index in [0.29, 0.717) is 17.1 Å². The van der Waals surface area contributed by atoms with Crippen LogP contribution in [0.3, 0.4) is 0 Å². The monoisotopic (exact) mass is 302 g/mol. The number of carbonyl (C=O) groups is 2. The molecule has 5 nitrogen and oxygen atoms in total. The summed E-state index contributed by atoms with van der Waals surface area (Å²) in [5.41, 5.74) is 1.13. The molecule has 2 N–H and O–H groups in total. The Bertz CT molecular complexity index is 671. The molecule has 2 rings (SSSR count). The third kappa shape index (κ3) is 4.90. The van der Waals surface area contributed by atoms with Crippen LogP contribution in [-0.4, -0.2) is 18.4 Å². The van der Waals surface area contributed by atoms with Crippen molar-refractivity contribution in [3.63, 3.8) is 0 Å². The number of nitrogens with one attached hydrogen (secondary N) is 2. The van der Waals surface area contributed by atoms with Gasteiger partial charge in [-0.05, 0) is 42.5 Å². The van der Waals surface area contributed by atoms with Gasteiger partial charge in [-0.25, -0.2) is 4.39 Å². The zero-order valence-electron chi connectivity index (χ0n) is 11.9. The lowest BCUT2D eigenvalue weighted by Gasteiger charge is -2.09. The Labute approximate surface area is 127 Å². The van der Waals surface area contributed by atoms with Gasteiger partial charge < -0.3 is 15.4 Å². The van der Waals surface area contributed by atoms with Crippen molar-refractivity contribution >= 4 is 23.2 Å². The Morgan fingerprint density at radius 3 is 2.32 bits per heavy atom. The van der Waals surface area contributed by atoms with Crippen molar-refractivity contribution in [3.8, 4) is 5.75 Å². The van der Waals surface area contributed by atoms with E-state index in [1.165, 1.54) is 31.2 Å². The van der Waals surface area contributed by atoms with E-state index < -0.39 is 0 Å². The zero-order valence-corrected chi connectivity index (χ0v) is 11.9. The summed E-state index contributed by atoms with van der Waals surface area (Å²) >= 11 is 0. The zero-order chi connectivity index (χ0) is 15.9. The van der Waals surface area contributed by atoms with E-state index in [4.69, 9.17) is 4.74 Å². The number of anilines is 2. The first-order valence-corrected chi connectivity index (χ1v) is 6.59. The van der Waals surface area contributed by atoms with Crippen molar-refractivity contribution in [2.75, 3.05) is 17.2 Å². The molecule has 0 saturated carbocycles. The number of benzene rings is 2. The molecule has 0 spiro atoms. The molecule has 0 aliphatic carbocycles. The van der Waals surface area contributed by atoms with Crippen LogP contribution in [0.15, 0.2) is 48.5 Å². The van der Waals surface area contributed by atoms with Crippen LogP contribution < -0.4 is 15.4 Å². The summed E-state index contributed by atoms with van der Waals surface area (Å²) in [5.74, 6) is -0.512. The van der Waals surface area contributed by atoms with Crippen LogP contribution in [-0.2, 0) is 9.59 Å². The van der Waals surface area contributed by atoms with Crippen molar-refractivity contribution in [2.45, 2.75) is 6.92 Å². The molecule has 0 aliphatic heterocycles. The lowest BCUT2D eigenvalue weighted by atomic mass is 10.2. The average Bonchev–Trinajstić information content (AvgIpc) is 2.46. The molecule has 0 atom stereocenters. The summed E-state index contributed by atoms with van der Waals surface area (Å²) in [5, 5.41) is 5.27. The highest BCUT2D eigenvalue weighted by molar-refractivity contribution is 5.94. The van der Waals surface area contributed by atoms with Crippen molar-refractivity contribution in [1.29, 1.82) is 0 Å². The van der Waals surface area contributed by atoms with E-state index in [2.05, 4.69) is 10.6 Å². The van der Waals surface area contributed by atoms with Gasteiger partial charge in [-0.15, -0.1) is 0 Å². The van der Waals surface area contributed by atoms with Gasteiger partial charge in [0.15, 0.2) is 6.61 Å². The topological polar surface area (TPSA) is 67.4 Å². The van der Waals surface area contributed by atoms with Gasteiger partial charge in [-0.3, -0.25) is 9.59 Å². The minimum Gasteiger partial charge on any atom is -0.484 e. The first-order chi connectivity index (χ1) is 10.5. The third-order valence-corrected chi connectivity index (χ3v) is 2.65. The normalized spacial score (nSPS) is 9.91. The molecule has 0 aromatic heterocycles. The Morgan fingerprint density at radius 2 is 1.68 bits per heavy atom. The van der Waals surface area contributed by atoms with Crippen LogP contribution in [0.2, 0.25) is 0 Å². The fourth-order valence-corrected chi connectivity index (χ4v) is 1.75. The molecule has 0 unspecified atom stereocenters. The smallest absolute Gasteiger partial charge is 0.262 e. The number of carbonyl (C=O) groups excluding carboxylic acids is 2. The molecule has 0 fully saturated rings. The summed E-state index contributed by atoms with van der Waals surface area (Å²) in [6.45, 7) is 1.21.